The van der Waals surface area contributed by atoms with Gasteiger partial charge in [-0.2, -0.15) is 5.10 Å². The Hall–Kier alpha value is -2.14. The second kappa shape index (κ2) is 8.04. The maximum Gasteiger partial charge on any atom is 0.225 e. The second-order valence-electron chi connectivity index (χ2n) is 7.53. The highest BCUT2D eigenvalue weighted by molar-refractivity contribution is 5.78. The molecule has 1 aliphatic heterocycles. The van der Waals surface area contributed by atoms with Gasteiger partial charge < -0.3 is 10.2 Å². The van der Waals surface area contributed by atoms with E-state index in [0.29, 0.717) is 6.04 Å². The van der Waals surface area contributed by atoms with E-state index in [0.717, 1.165) is 43.9 Å². The highest BCUT2D eigenvalue weighted by Gasteiger charge is 2.24. The van der Waals surface area contributed by atoms with E-state index in [1.165, 1.54) is 11.3 Å². The first-order valence-corrected chi connectivity index (χ1v) is 9.60. The van der Waals surface area contributed by atoms with Crippen molar-refractivity contribution < 1.29 is 4.79 Å². The van der Waals surface area contributed by atoms with Crippen LogP contribution in [0.4, 0.5) is 0 Å². The summed E-state index contributed by atoms with van der Waals surface area (Å²) in [7, 11) is 0. The lowest BCUT2D eigenvalue weighted by molar-refractivity contribution is -0.135. The summed E-state index contributed by atoms with van der Waals surface area (Å²) in [5.74, 6) is 0.368. The zero-order chi connectivity index (χ0) is 18.7. The topological polar surface area (TPSA) is 50.2 Å². The van der Waals surface area contributed by atoms with Crippen LogP contribution in [0.25, 0.3) is 5.69 Å². The van der Waals surface area contributed by atoms with Crippen LogP contribution in [0.2, 0.25) is 0 Å². The van der Waals surface area contributed by atoms with Gasteiger partial charge in [-0.1, -0.05) is 32.0 Å². The Morgan fingerprint density at radius 2 is 1.85 bits per heavy atom. The molecule has 0 bridgehead atoms. The van der Waals surface area contributed by atoms with Gasteiger partial charge in [-0.25, -0.2) is 4.68 Å². The summed E-state index contributed by atoms with van der Waals surface area (Å²) in [5.41, 5.74) is 4.63. The van der Waals surface area contributed by atoms with Crippen LogP contribution in [0, 0.1) is 19.8 Å². The number of carbonyl (C=O) groups excluding carboxylic acids is 1. The van der Waals surface area contributed by atoms with Gasteiger partial charge in [-0.15, -0.1) is 0 Å². The standard InChI is InChI=1S/C21H30N4O/c1-15(2)21(26)24-12-10-18(11-13-24)22-14-20-16(3)23-25(17(20)4)19-8-6-5-7-9-19/h5-9,15,18,22H,10-14H2,1-4H3. The normalized spacial score (nSPS) is 15.7. The molecule has 5 heteroatoms. The first-order chi connectivity index (χ1) is 12.5. The van der Waals surface area contributed by atoms with E-state index in [4.69, 9.17) is 5.10 Å². The minimum absolute atomic E-state index is 0.0913. The zero-order valence-electron chi connectivity index (χ0n) is 16.3. The lowest BCUT2D eigenvalue weighted by atomic mass is 10.0. The lowest BCUT2D eigenvalue weighted by Gasteiger charge is -2.33. The summed E-state index contributed by atoms with van der Waals surface area (Å²) in [6.07, 6.45) is 2.03. The number of hydrogen-bond donors (Lipinski definition) is 1. The number of para-hydroxylation sites is 1. The van der Waals surface area contributed by atoms with Crippen molar-refractivity contribution in [3.8, 4) is 5.69 Å². The minimum atomic E-state index is 0.0913. The fraction of sp³-hybridized carbons (Fsp3) is 0.524. The number of nitrogens with one attached hydrogen (secondary N) is 1. The van der Waals surface area contributed by atoms with Gasteiger partial charge in [0.25, 0.3) is 0 Å². The molecule has 0 spiro atoms. The Labute approximate surface area is 156 Å². The average Bonchev–Trinajstić information content (AvgIpc) is 2.94. The highest BCUT2D eigenvalue weighted by atomic mass is 16.2. The molecule has 3 rings (SSSR count). The first kappa shape index (κ1) is 18.6. The number of likely N-dealkylation sites (tertiary alicyclic amines) is 1. The van der Waals surface area contributed by atoms with Crippen LogP contribution in [0.3, 0.4) is 0 Å². The van der Waals surface area contributed by atoms with E-state index in [-0.39, 0.29) is 11.8 Å². The van der Waals surface area contributed by atoms with Gasteiger partial charge in [-0.3, -0.25) is 4.79 Å². The van der Waals surface area contributed by atoms with Crippen molar-refractivity contribution in [3.05, 3.63) is 47.3 Å². The van der Waals surface area contributed by atoms with Crippen LogP contribution in [-0.2, 0) is 11.3 Å². The molecule has 1 saturated heterocycles. The molecule has 0 saturated carbocycles. The van der Waals surface area contributed by atoms with E-state index in [2.05, 4.69) is 31.3 Å². The largest absolute Gasteiger partial charge is 0.342 e. The maximum atomic E-state index is 12.1. The van der Waals surface area contributed by atoms with E-state index < -0.39 is 0 Å². The SMILES string of the molecule is Cc1nn(-c2ccccc2)c(C)c1CNC1CCN(C(=O)C(C)C)CC1. The van der Waals surface area contributed by atoms with Gasteiger partial charge in [0.15, 0.2) is 0 Å². The van der Waals surface area contributed by atoms with E-state index >= 15 is 0 Å². The number of carbonyl (C=O) groups is 1. The predicted molar refractivity (Wildman–Crippen MR) is 104 cm³/mol. The Morgan fingerprint density at radius 3 is 2.46 bits per heavy atom. The Kier molecular flexibility index (Phi) is 5.77. The summed E-state index contributed by atoms with van der Waals surface area (Å²) in [6, 6.07) is 10.7. The number of aryl methyl sites for hydroxylation is 1. The molecular weight excluding hydrogens is 324 g/mol. The number of amides is 1. The zero-order valence-corrected chi connectivity index (χ0v) is 16.3. The first-order valence-electron chi connectivity index (χ1n) is 9.60. The molecule has 0 atom stereocenters. The monoisotopic (exact) mass is 354 g/mol. The van der Waals surface area contributed by atoms with Crippen LogP contribution in [-0.4, -0.2) is 39.7 Å². The molecule has 1 aromatic heterocycles. The number of aromatic nitrogens is 2. The molecule has 0 aliphatic carbocycles. The predicted octanol–water partition coefficient (Wildman–Crippen LogP) is 3.23. The summed E-state index contributed by atoms with van der Waals surface area (Å²) in [4.78, 5) is 14.1. The molecule has 2 heterocycles. The number of piperidine rings is 1. The summed E-state index contributed by atoms with van der Waals surface area (Å²) in [6.45, 7) is 10.7. The molecule has 1 aromatic carbocycles. The number of nitrogens with zero attached hydrogens (tertiary/aromatic N) is 3. The lowest BCUT2D eigenvalue weighted by Crippen LogP contribution is -2.46. The molecule has 2 aromatic rings. The molecule has 0 radical (unpaired) electrons. The van der Waals surface area contributed by atoms with Crippen molar-refractivity contribution in [3.63, 3.8) is 0 Å². The molecule has 1 amide bonds. The van der Waals surface area contributed by atoms with Crippen molar-refractivity contribution in [2.45, 2.75) is 53.1 Å². The molecule has 1 fully saturated rings. The van der Waals surface area contributed by atoms with Gasteiger partial charge in [0.1, 0.15) is 0 Å². The quantitative estimate of drug-likeness (QED) is 0.897. The van der Waals surface area contributed by atoms with E-state index in [1.54, 1.807) is 0 Å². The Bertz CT molecular complexity index is 743. The fourth-order valence-corrected chi connectivity index (χ4v) is 3.67. The van der Waals surface area contributed by atoms with Crippen molar-refractivity contribution in [2.75, 3.05) is 13.1 Å². The number of rotatable bonds is 5. The van der Waals surface area contributed by atoms with Gasteiger partial charge in [0, 0.05) is 42.9 Å². The molecule has 1 N–H and O–H groups in total. The third-order valence-electron chi connectivity index (χ3n) is 5.31. The highest BCUT2D eigenvalue weighted by Crippen LogP contribution is 2.19. The van der Waals surface area contributed by atoms with Crippen LogP contribution >= 0.6 is 0 Å². The van der Waals surface area contributed by atoms with Crippen LogP contribution < -0.4 is 5.32 Å². The van der Waals surface area contributed by atoms with Gasteiger partial charge >= 0.3 is 0 Å². The smallest absolute Gasteiger partial charge is 0.225 e. The maximum absolute atomic E-state index is 12.1. The third kappa shape index (κ3) is 3.98. The van der Waals surface area contributed by atoms with Crippen LogP contribution in [0.15, 0.2) is 30.3 Å². The van der Waals surface area contributed by atoms with Gasteiger partial charge in [0.2, 0.25) is 5.91 Å². The molecule has 140 valence electrons. The Balaban J connectivity index is 1.60. The van der Waals surface area contributed by atoms with Crippen molar-refractivity contribution in [1.82, 2.24) is 20.0 Å². The van der Waals surface area contributed by atoms with Crippen molar-refractivity contribution in [2.24, 2.45) is 5.92 Å². The molecule has 1 aliphatic rings. The van der Waals surface area contributed by atoms with E-state index in [9.17, 15) is 4.79 Å². The average molecular weight is 354 g/mol. The fourth-order valence-electron chi connectivity index (χ4n) is 3.67. The van der Waals surface area contributed by atoms with Crippen LogP contribution in [0.5, 0.6) is 0 Å². The minimum Gasteiger partial charge on any atom is -0.342 e. The molecule has 5 nitrogen and oxygen atoms in total. The summed E-state index contributed by atoms with van der Waals surface area (Å²) < 4.78 is 2.02. The Morgan fingerprint density at radius 1 is 1.19 bits per heavy atom. The number of hydrogen-bond acceptors (Lipinski definition) is 3. The molecular formula is C21H30N4O. The van der Waals surface area contributed by atoms with Crippen LogP contribution in [0.1, 0.15) is 43.6 Å². The van der Waals surface area contributed by atoms with E-state index in [1.807, 2.05) is 41.6 Å². The second-order valence-corrected chi connectivity index (χ2v) is 7.53. The van der Waals surface area contributed by atoms with Gasteiger partial charge in [0.05, 0.1) is 11.4 Å². The third-order valence-corrected chi connectivity index (χ3v) is 5.31. The van der Waals surface area contributed by atoms with Crippen molar-refractivity contribution in [1.29, 1.82) is 0 Å². The van der Waals surface area contributed by atoms with Crippen molar-refractivity contribution >= 4 is 5.91 Å². The molecule has 0 unspecified atom stereocenters. The summed E-state index contributed by atoms with van der Waals surface area (Å²) in [5, 5.41) is 8.40. The summed E-state index contributed by atoms with van der Waals surface area (Å²) >= 11 is 0. The number of benzene rings is 1. The van der Waals surface area contributed by atoms with Gasteiger partial charge in [-0.05, 0) is 38.8 Å². The molecule has 26 heavy (non-hydrogen) atoms.